The van der Waals surface area contributed by atoms with E-state index in [0.29, 0.717) is 13.2 Å². The first-order chi connectivity index (χ1) is 6.40. The maximum atomic E-state index is 5.45. The van der Waals surface area contributed by atoms with E-state index >= 15 is 0 Å². The minimum atomic E-state index is 0.0883. The van der Waals surface area contributed by atoms with E-state index in [2.05, 4.69) is 11.7 Å². The summed E-state index contributed by atoms with van der Waals surface area (Å²) in [5, 5.41) is 4.10. The van der Waals surface area contributed by atoms with Gasteiger partial charge in [-0.05, 0) is 0 Å². The molecule has 0 N–H and O–H groups in total. The van der Waals surface area contributed by atoms with Gasteiger partial charge in [-0.15, -0.1) is 6.58 Å². The molecule has 13 heavy (non-hydrogen) atoms. The maximum absolute atomic E-state index is 5.45. The number of aromatic nitrogens is 2. The standard InChI is InChI=1S/C9H12N2O2/c1-2-5-12-8-6-11-9(13-7-8)3-4-10-11/h2-4,8H,1,5-7H2. The monoisotopic (exact) mass is 180 g/mol. The van der Waals surface area contributed by atoms with Gasteiger partial charge in [0.1, 0.15) is 12.7 Å². The van der Waals surface area contributed by atoms with Crippen LogP contribution in [0.5, 0.6) is 5.88 Å². The molecule has 1 atom stereocenters. The highest BCUT2D eigenvalue weighted by Gasteiger charge is 2.19. The van der Waals surface area contributed by atoms with Gasteiger partial charge >= 0.3 is 0 Å². The molecule has 2 heterocycles. The van der Waals surface area contributed by atoms with Gasteiger partial charge in [-0.1, -0.05) is 6.08 Å². The SMILES string of the molecule is C=CCOC1COc2ccnn2C1. The first kappa shape index (κ1) is 8.31. The highest BCUT2D eigenvalue weighted by molar-refractivity contribution is 5.09. The molecule has 0 aromatic carbocycles. The van der Waals surface area contributed by atoms with Crippen LogP contribution in [0.25, 0.3) is 0 Å². The van der Waals surface area contributed by atoms with Gasteiger partial charge in [-0.3, -0.25) is 0 Å². The Kier molecular flexibility index (Phi) is 2.31. The molecular weight excluding hydrogens is 168 g/mol. The molecule has 1 aliphatic rings. The lowest BCUT2D eigenvalue weighted by Crippen LogP contribution is -2.32. The summed E-state index contributed by atoms with van der Waals surface area (Å²) in [5.41, 5.74) is 0. The molecule has 0 amide bonds. The summed E-state index contributed by atoms with van der Waals surface area (Å²) in [5.74, 6) is 0.818. The quantitative estimate of drug-likeness (QED) is 0.647. The number of nitrogens with zero attached hydrogens (tertiary/aromatic N) is 2. The Morgan fingerprint density at radius 1 is 1.85 bits per heavy atom. The number of hydrogen-bond acceptors (Lipinski definition) is 3. The van der Waals surface area contributed by atoms with Crippen LogP contribution in [0.15, 0.2) is 24.9 Å². The van der Waals surface area contributed by atoms with Gasteiger partial charge in [-0.25, -0.2) is 4.68 Å². The molecule has 4 nitrogen and oxygen atoms in total. The number of ether oxygens (including phenoxy) is 2. The summed E-state index contributed by atoms with van der Waals surface area (Å²) in [6.07, 6.45) is 3.55. The van der Waals surface area contributed by atoms with E-state index in [0.717, 1.165) is 12.4 Å². The highest BCUT2D eigenvalue weighted by Crippen LogP contribution is 2.16. The smallest absolute Gasteiger partial charge is 0.211 e. The summed E-state index contributed by atoms with van der Waals surface area (Å²) in [7, 11) is 0. The van der Waals surface area contributed by atoms with E-state index in [4.69, 9.17) is 9.47 Å². The lowest BCUT2D eigenvalue weighted by molar-refractivity contribution is 0.000685. The van der Waals surface area contributed by atoms with E-state index in [1.54, 1.807) is 17.0 Å². The zero-order chi connectivity index (χ0) is 9.10. The Morgan fingerprint density at radius 3 is 3.62 bits per heavy atom. The topological polar surface area (TPSA) is 36.3 Å². The second-order valence-corrected chi connectivity index (χ2v) is 2.91. The largest absolute Gasteiger partial charge is 0.475 e. The van der Waals surface area contributed by atoms with Gasteiger partial charge in [0.2, 0.25) is 5.88 Å². The Morgan fingerprint density at radius 2 is 2.77 bits per heavy atom. The van der Waals surface area contributed by atoms with Crippen molar-refractivity contribution >= 4 is 0 Å². The molecule has 1 aromatic heterocycles. The fourth-order valence-electron chi connectivity index (χ4n) is 1.31. The van der Waals surface area contributed by atoms with Crippen molar-refractivity contribution in [3.63, 3.8) is 0 Å². The van der Waals surface area contributed by atoms with Gasteiger partial charge in [0.25, 0.3) is 0 Å². The van der Waals surface area contributed by atoms with Gasteiger partial charge < -0.3 is 9.47 Å². The van der Waals surface area contributed by atoms with Crippen LogP contribution >= 0.6 is 0 Å². The van der Waals surface area contributed by atoms with Crippen LogP contribution in [0.3, 0.4) is 0 Å². The molecule has 0 fully saturated rings. The molecule has 0 saturated carbocycles. The van der Waals surface area contributed by atoms with Crippen LogP contribution in [-0.4, -0.2) is 29.1 Å². The summed E-state index contributed by atoms with van der Waals surface area (Å²) in [6.45, 7) is 5.51. The van der Waals surface area contributed by atoms with Crippen molar-refractivity contribution in [1.29, 1.82) is 0 Å². The normalized spacial score (nSPS) is 20.5. The first-order valence-corrected chi connectivity index (χ1v) is 4.27. The summed E-state index contributed by atoms with van der Waals surface area (Å²) in [6, 6.07) is 1.85. The summed E-state index contributed by atoms with van der Waals surface area (Å²) in [4.78, 5) is 0. The van der Waals surface area contributed by atoms with E-state index in [1.165, 1.54) is 0 Å². The van der Waals surface area contributed by atoms with Crippen molar-refractivity contribution in [2.45, 2.75) is 12.6 Å². The van der Waals surface area contributed by atoms with Crippen LogP contribution in [0.4, 0.5) is 0 Å². The third-order valence-corrected chi connectivity index (χ3v) is 1.92. The Balaban J connectivity index is 1.96. The molecule has 0 aliphatic carbocycles. The second kappa shape index (κ2) is 3.62. The third-order valence-electron chi connectivity index (χ3n) is 1.92. The predicted molar refractivity (Wildman–Crippen MR) is 47.7 cm³/mol. The lowest BCUT2D eigenvalue weighted by atomic mass is 10.3. The second-order valence-electron chi connectivity index (χ2n) is 2.91. The number of hydrogen-bond donors (Lipinski definition) is 0. The van der Waals surface area contributed by atoms with E-state index in [1.807, 2.05) is 6.07 Å². The molecule has 4 heteroatoms. The average Bonchev–Trinajstić information content (AvgIpc) is 2.61. The van der Waals surface area contributed by atoms with E-state index in [-0.39, 0.29) is 6.10 Å². The van der Waals surface area contributed by atoms with Crippen molar-refractivity contribution < 1.29 is 9.47 Å². The van der Waals surface area contributed by atoms with Crippen LogP contribution in [0.1, 0.15) is 0 Å². The third kappa shape index (κ3) is 1.72. The van der Waals surface area contributed by atoms with Gasteiger partial charge in [0.15, 0.2) is 0 Å². The lowest BCUT2D eigenvalue weighted by Gasteiger charge is -2.23. The minimum absolute atomic E-state index is 0.0883. The summed E-state index contributed by atoms with van der Waals surface area (Å²) >= 11 is 0. The molecule has 1 unspecified atom stereocenters. The van der Waals surface area contributed by atoms with Crippen LogP contribution < -0.4 is 4.74 Å². The average molecular weight is 180 g/mol. The molecule has 0 bridgehead atoms. The van der Waals surface area contributed by atoms with Crippen molar-refractivity contribution in [2.24, 2.45) is 0 Å². The van der Waals surface area contributed by atoms with Gasteiger partial charge in [0, 0.05) is 6.07 Å². The van der Waals surface area contributed by atoms with Crippen molar-refractivity contribution in [3.8, 4) is 5.88 Å². The molecule has 0 radical (unpaired) electrons. The molecule has 0 saturated heterocycles. The molecule has 1 aliphatic heterocycles. The fourth-order valence-corrected chi connectivity index (χ4v) is 1.31. The zero-order valence-electron chi connectivity index (χ0n) is 7.35. The van der Waals surface area contributed by atoms with Gasteiger partial charge in [0.05, 0.1) is 19.3 Å². The Labute approximate surface area is 76.8 Å². The van der Waals surface area contributed by atoms with Crippen molar-refractivity contribution in [2.75, 3.05) is 13.2 Å². The first-order valence-electron chi connectivity index (χ1n) is 4.27. The molecular formula is C9H12N2O2. The van der Waals surface area contributed by atoms with Crippen molar-refractivity contribution in [1.82, 2.24) is 9.78 Å². The number of fused-ring (bicyclic) bond motifs is 1. The Bertz CT molecular complexity index is 296. The number of rotatable bonds is 3. The van der Waals surface area contributed by atoms with E-state index in [9.17, 15) is 0 Å². The van der Waals surface area contributed by atoms with Crippen LogP contribution in [0.2, 0.25) is 0 Å². The maximum Gasteiger partial charge on any atom is 0.211 e. The molecule has 2 rings (SSSR count). The molecule has 70 valence electrons. The predicted octanol–water partition coefficient (Wildman–Crippen LogP) is 0.847. The van der Waals surface area contributed by atoms with Crippen LogP contribution in [-0.2, 0) is 11.3 Å². The zero-order valence-corrected chi connectivity index (χ0v) is 7.35. The minimum Gasteiger partial charge on any atom is -0.475 e. The molecule has 0 spiro atoms. The molecule has 1 aromatic rings. The Hall–Kier alpha value is -1.29. The fraction of sp³-hybridized carbons (Fsp3) is 0.444. The summed E-state index contributed by atoms with van der Waals surface area (Å²) < 4.78 is 12.7. The van der Waals surface area contributed by atoms with Crippen LogP contribution in [0, 0.1) is 0 Å². The van der Waals surface area contributed by atoms with E-state index < -0.39 is 0 Å². The highest BCUT2D eigenvalue weighted by atomic mass is 16.5. The van der Waals surface area contributed by atoms with Crippen molar-refractivity contribution in [3.05, 3.63) is 24.9 Å². The van der Waals surface area contributed by atoms with Gasteiger partial charge in [-0.2, -0.15) is 5.10 Å².